The number of hydrogen-bond acceptors (Lipinski definition) is 5. The lowest BCUT2D eigenvalue weighted by atomic mass is 9.93. The molecule has 25 heavy (non-hydrogen) atoms. The lowest BCUT2D eigenvalue weighted by molar-refractivity contribution is 0.00476. The van der Waals surface area contributed by atoms with E-state index in [2.05, 4.69) is 34.3 Å². The molecule has 5 rings (SSSR count). The van der Waals surface area contributed by atoms with Crippen molar-refractivity contribution in [2.45, 2.75) is 12.0 Å². The number of ether oxygens (including phenoxy) is 1. The monoisotopic (exact) mass is 339 g/mol. The van der Waals surface area contributed by atoms with Gasteiger partial charge in [-0.2, -0.15) is 0 Å². The van der Waals surface area contributed by atoms with E-state index in [9.17, 15) is 4.79 Å². The Morgan fingerprint density at radius 3 is 2.64 bits per heavy atom. The van der Waals surface area contributed by atoms with Crippen LogP contribution < -0.4 is 0 Å². The maximum absolute atomic E-state index is 12.7. The molecule has 1 aliphatic carbocycles. The molecule has 0 N–H and O–H groups in total. The van der Waals surface area contributed by atoms with Gasteiger partial charge in [-0.25, -0.2) is 0 Å². The Labute approximate surface area is 146 Å². The molecule has 2 aliphatic heterocycles. The summed E-state index contributed by atoms with van der Waals surface area (Å²) in [5, 5.41) is 3.67. The van der Waals surface area contributed by atoms with Gasteiger partial charge in [0.05, 0.1) is 19.4 Å². The van der Waals surface area contributed by atoms with Crippen molar-refractivity contribution in [2.24, 2.45) is 5.92 Å². The van der Waals surface area contributed by atoms with Crippen molar-refractivity contribution >= 4 is 5.91 Å². The minimum Gasteiger partial charge on any atom is -0.379 e. The molecule has 1 aromatic carbocycles. The van der Waals surface area contributed by atoms with E-state index < -0.39 is 0 Å². The maximum Gasteiger partial charge on any atom is 0.292 e. The van der Waals surface area contributed by atoms with Crippen LogP contribution in [0, 0.1) is 5.92 Å². The van der Waals surface area contributed by atoms with Crippen LogP contribution in [0.4, 0.5) is 0 Å². The van der Waals surface area contributed by atoms with Crippen molar-refractivity contribution in [3.05, 3.63) is 53.4 Å². The molecule has 0 saturated carbocycles. The Bertz CT molecular complexity index is 770. The second kappa shape index (κ2) is 5.97. The highest BCUT2D eigenvalue weighted by Gasteiger charge is 2.49. The summed E-state index contributed by atoms with van der Waals surface area (Å²) in [6, 6.07) is 10.7. The van der Waals surface area contributed by atoms with Gasteiger partial charge in [-0.1, -0.05) is 29.4 Å². The van der Waals surface area contributed by atoms with Crippen molar-refractivity contribution in [3.63, 3.8) is 0 Å². The Balaban J connectivity index is 1.46. The molecule has 2 saturated heterocycles. The van der Waals surface area contributed by atoms with E-state index in [1.165, 1.54) is 17.3 Å². The molecule has 3 heterocycles. The quantitative estimate of drug-likeness (QED) is 0.837. The fraction of sp³-hybridized carbons (Fsp3) is 0.474. The van der Waals surface area contributed by atoms with Gasteiger partial charge < -0.3 is 14.2 Å². The fourth-order valence-corrected chi connectivity index (χ4v) is 4.80. The number of carbonyl (C=O) groups excluding carboxylic acids is 1. The molecular weight excluding hydrogens is 318 g/mol. The summed E-state index contributed by atoms with van der Waals surface area (Å²) in [5.74, 6) is 1.11. The molecule has 1 aromatic heterocycles. The normalized spacial score (nSPS) is 28.8. The predicted molar refractivity (Wildman–Crippen MR) is 90.2 cm³/mol. The molecule has 1 amide bonds. The average molecular weight is 339 g/mol. The summed E-state index contributed by atoms with van der Waals surface area (Å²) in [6.45, 7) is 5.01. The summed E-state index contributed by atoms with van der Waals surface area (Å²) in [7, 11) is 0. The van der Waals surface area contributed by atoms with Gasteiger partial charge in [-0.15, -0.1) is 0 Å². The van der Waals surface area contributed by atoms with Gasteiger partial charge in [-0.3, -0.25) is 9.69 Å². The summed E-state index contributed by atoms with van der Waals surface area (Å²) in [4.78, 5) is 17.2. The van der Waals surface area contributed by atoms with Crippen molar-refractivity contribution in [2.75, 3.05) is 39.4 Å². The summed E-state index contributed by atoms with van der Waals surface area (Å²) < 4.78 is 10.6. The Kier molecular flexibility index (Phi) is 3.60. The molecule has 3 aliphatic rings. The molecule has 2 fully saturated rings. The molecule has 6 nitrogen and oxygen atoms in total. The Morgan fingerprint density at radius 2 is 1.88 bits per heavy atom. The highest BCUT2D eigenvalue weighted by molar-refractivity contribution is 5.91. The molecule has 130 valence electrons. The zero-order chi connectivity index (χ0) is 16.8. The van der Waals surface area contributed by atoms with Crippen LogP contribution in [0.3, 0.4) is 0 Å². The first kappa shape index (κ1) is 15.1. The van der Waals surface area contributed by atoms with Gasteiger partial charge in [0.1, 0.15) is 0 Å². The van der Waals surface area contributed by atoms with E-state index in [0.717, 1.165) is 39.4 Å². The van der Waals surface area contributed by atoms with Crippen molar-refractivity contribution in [3.8, 4) is 0 Å². The lowest BCUT2D eigenvalue weighted by Gasteiger charge is -2.36. The number of rotatable bonds is 2. The van der Waals surface area contributed by atoms with Gasteiger partial charge in [0.25, 0.3) is 5.91 Å². The van der Waals surface area contributed by atoms with Crippen LogP contribution in [0.5, 0.6) is 0 Å². The number of hydrogen-bond donors (Lipinski definition) is 0. The first-order chi connectivity index (χ1) is 12.3. The smallest absolute Gasteiger partial charge is 0.292 e. The first-order valence-corrected chi connectivity index (χ1v) is 8.93. The molecule has 0 spiro atoms. The largest absolute Gasteiger partial charge is 0.379 e. The number of benzene rings is 1. The number of likely N-dealkylation sites (tertiary alicyclic amines) is 1. The van der Waals surface area contributed by atoms with E-state index in [-0.39, 0.29) is 5.91 Å². The van der Waals surface area contributed by atoms with Gasteiger partial charge >= 0.3 is 0 Å². The van der Waals surface area contributed by atoms with Crippen LogP contribution in [-0.4, -0.2) is 60.3 Å². The van der Waals surface area contributed by atoms with Crippen LogP contribution >= 0.6 is 0 Å². The summed E-state index contributed by atoms with van der Waals surface area (Å²) in [6.07, 6.45) is 1.52. The number of carbonyl (C=O) groups is 1. The van der Waals surface area contributed by atoms with Crippen LogP contribution in [0.2, 0.25) is 0 Å². The van der Waals surface area contributed by atoms with E-state index >= 15 is 0 Å². The van der Waals surface area contributed by atoms with Gasteiger partial charge in [0.15, 0.2) is 0 Å². The number of morpholine rings is 1. The number of amides is 1. The van der Waals surface area contributed by atoms with E-state index in [0.29, 0.717) is 23.6 Å². The van der Waals surface area contributed by atoms with Crippen molar-refractivity contribution in [1.29, 1.82) is 0 Å². The van der Waals surface area contributed by atoms with Gasteiger partial charge in [0, 0.05) is 50.1 Å². The topological polar surface area (TPSA) is 58.8 Å². The van der Waals surface area contributed by atoms with Crippen LogP contribution in [-0.2, 0) is 4.74 Å². The van der Waals surface area contributed by atoms with Crippen molar-refractivity contribution < 1.29 is 14.1 Å². The molecule has 3 atom stereocenters. The first-order valence-electron chi connectivity index (χ1n) is 8.93. The summed E-state index contributed by atoms with van der Waals surface area (Å²) in [5.41, 5.74) is 2.84. The van der Waals surface area contributed by atoms with E-state index in [1.54, 1.807) is 6.07 Å². The zero-order valence-corrected chi connectivity index (χ0v) is 14.0. The Morgan fingerprint density at radius 1 is 1.08 bits per heavy atom. The van der Waals surface area contributed by atoms with Crippen LogP contribution in [0.25, 0.3) is 0 Å². The average Bonchev–Trinajstić information content (AvgIpc) is 3.38. The van der Waals surface area contributed by atoms with Gasteiger partial charge in [-0.05, 0) is 11.1 Å². The third-order valence-electron chi connectivity index (χ3n) is 5.86. The lowest BCUT2D eigenvalue weighted by Crippen LogP contribution is -2.42. The standard InChI is InChI=1S/C19H21N3O3/c23-19(17-5-6-20-25-17)22-11-15-13-3-1-2-4-14(13)18(16(15)12-22)21-7-9-24-10-8-21/h1-6,15-16,18H,7-12H2/t15-,16-,18-/m0/s1. The second-order valence-corrected chi connectivity index (χ2v) is 7.08. The molecule has 0 radical (unpaired) electrons. The van der Waals surface area contributed by atoms with Crippen LogP contribution in [0.15, 0.2) is 41.1 Å². The summed E-state index contributed by atoms with van der Waals surface area (Å²) >= 11 is 0. The molecule has 0 unspecified atom stereocenters. The fourth-order valence-electron chi connectivity index (χ4n) is 4.80. The molecule has 0 bridgehead atoms. The van der Waals surface area contributed by atoms with Crippen LogP contribution in [0.1, 0.15) is 33.6 Å². The number of aromatic nitrogens is 1. The van der Waals surface area contributed by atoms with Gasteiger partial charge in [0.2, 0.25) is 5.76 Å². The zero-order valence-electron chi connectivity index (χ0n) is 14.0. The molecule has 2 aromatic rings. The number of fused-ring (bicyclic) bond motifs is 3. The molecule has 6 heteroatoms. The predicted octanol–water partition coefficient (Wildman–Crippen LogP) is 1.92. The second-order valence-electron chi connectivity index (χ2n) is 7.08. The minimum absolute atomic E-state index is 0.0508. The third kappa shape index (κ3) is 2.40. The van der Waals surface area contributed by atoms with E-state index in [1.807, 2.05) is 4.90 Å². The highest BCUT2D eigenvalue weighted by atomic mass is 16.5. The number of nitrogens with zero attached hydrogens (tertiary/aromatic N) is 3. The Hall–Kier alpha value is -2.18. The molecular formula is C19H21N3O3. The third-order valence-corrected chi connectivity index (χ3v) is 5.86. The SMILES string of the molecule is O=C(c1ccno1)N1C[C@H]2[C@@H](C1)c1ccccc1[C@@H]2N1CCOCC1. The minimum atomic E-state index is -0.0508. The van der Waals surface area contributed by atoms with Crippen molar-refractivity contribution in [1.82, 2.24) is 15.0 Å². The van der Waals surface area contributed by atoms with E-state index in [4.69, 9.17) is 9.26 Å². The maximum atomic E-state index is 12.7. The highest BCUT2D eigenvalue weighted by Crippen LogP contribution is 2.51.